The molecular weight excluding hydrogens is 206 g/mol. The average Bonchev–Trinajstić information content (AvgIpc) is 2.44. The Morgan fingerprint density at radius 3 is 2.81 bits per heavy atom. The number of likely N-dealkylation sites (tertiary alicyclic amines) is 1. The van der Waals surface area contributed by atoms with Crippen molar-refractivity contribution in [2.45, 2.75) is 32.2 Å². The van der Waals surface area contributed by atoms with Crippen LogP contribution in [0.2, 0.25) is 0 Å². The molecule has 0 amide bonds. The number of carboxylic acids is 1. The van der Waals surface area contributed by atoms with Crippen LogP contribution in [-0.4, -0.2) is 48.3 Å². The third-order valence-electron chi connectivity index (χ3n) is 3.97. The summed E-state index contributed by atoms with van der Waals surface area (Å²) >= 11 is 0. The van der Waals surface area contributed by atoms with Crippen LogP contribution in [-0.2, 0) is 9.53 Å². The Labute approximate surface area is 96.6 Å². The second kappa shape index (κ2) is 5.15. The molecule has 0 spiro atoms. The minimum Gasteiger partial charge on any atom is -0.481 e. The Balaban J connectivity index is 1.76. The highest BCUT2D eigenvalue weighted by atomic mass is 16.5. The Morgan fingerprint density at radius 2 is 2.12 bits per heavy atom. The molecule has 1 N–H and O–H groups in total. The van der Waals surface area contributed by atoms with Gasteiger partial charge in [-0.15, -0.1) is 0 Å². The van der Waals surface area contributed by atoms with Crippen LogP contribution in [0.25, 0.3) is 0 Å². The molecule has 0 aliphatic carbocycles. The van der Waals surface area contributed by atoms with E-state index in [1.807, 2.05) is 6.92 Å². The maximum atomic E-state index is 10.8. The minimum absolute atomic E-state index is 0.196. The molecule has 0 bridgehead atoms. The lowest BCUT2D eigenvalue weighted by molar-refractivity contribution is -0.146. The zero-order chi connectivity index (χ0) is 11.5. The van der Waals surface area contributed by atoms with Crippen LogP contribution < -0.4 is 0 Å². The van der Waals surface area contributed by atoms with E-state index in [0.29, 0.717) is 12.0 Å². The zero-order valence-electron chi connectivity index (χ0n) is 9.89. The van der Waals surface area contributed by atoms with Crippen molar-refractivity contribution in [1.82, 2.24) is 4.90 Å². The average molecular weight is 227 g/mol. The van der Waals surface area contributed by atoms with Crippen LogP contribution in [0.15, 0.2) is 0 Å². The summed E-state index contributed by atoms with van der Waals surface area (Å²) in [5.74, 6) is -0.506. The largest absolute Gasteiger partial charge is 0.481 e. The van der Waals surface area contributed by atoms with Gasteiger partial charge in [0.1, 0.15) is 0 Å². The maximum Gasteiger partial charge on any atom is 0.306 e. The molecule has 16 heavy (non-hydrogen) atoms. The number of carboxylic acid groups (broad SMARTS) is 1. The van der Waals surface area contributed by atoms with E-state index in [4.69, 9.17) is 9.84 Å². The Bertz CT molecular complexity index is 243. The van der Waals surface area contributed by atoms with Gasteiger partial charge >= 0.3 is 5.97 Å². The standard InChI is InChI=1S/C12H21NO3/c1-9(12(14)15)10-7-13(8-10)11-3-2-5-16-6-4-11/h9-11H,2-8H2,1H3,(H,14,15). The number of rotatable bonds is 3. The van der Waals surface area contributed by atoms with E-state index >= 15 is 0 Å². The first-order valence-electron chi connectivity index (χ1n) is 6.23. The summed E-state index contributed by atoms with van der Waals surface area (Å²) in [5, 5.41) is 8.92. The number of aliphatic carboxylic acids is 1. The molecule has 2 fully saturated rings. The smallest absolute Gasteiger partial charge is 0.306 e. The summed E-state index contributed by atoms with van der Waals surface area (Å²) in [6.07, 6.45) is 3.45. The fourth-order valence-corrected chi connectivity index (χ4v) is 2.62. The predicted octanol–water partition coefficient (Wildman–Crippen LogP) is 1.21. The number of ether oxygens (including phenoxy) is 1. The van der Waals surface area contributed by atoms with E-state index in [1.54, 1.807) is 0 Å². The van der Waals surface area contributed by atoms with Gasteiger partial charge in [-0.3, -0.25) is 9.69 Å². The van der Waals surface area contributed by atoms with E-state index in [-0.39, 0.29) is 5.92 Å². The topological polar surface area (TPSA) is 49.8 Å². The van der Waals surface area contributed by atoms with E-state index in [1.165, 1.54) is 6.42 Å². The van der Waals surface area contributed by atoms with Crippen LogP contribution in [0.5, 0.6) is 0 Å². The highest BCUT2D eigenvalue weighted by Crippen LogP contribution is 2.29. The second-order valence-electron chi connectivity index (χ2n) is 5.04. The summed E-state index contributed by atoms with van der Waals surface area (Å²) in [4.78, 5) is 13.3. The van der Waals surface area contributed by atoms with Crippen LogP contribution >= 0.6 is 0 Å². The van der Waals surface area contributed by atoms with Crippen molar-refractivity contribution in [3.63, 3.8) is 0 Å². The van der Waals surface area contributed by atoms with Crippen molar-refractivity contribution in [2.24, 2.45) is 11.8 Å². The quantitative estimate of drug-likeness (QED) is 0.787. The lowest BCUT2D eigenvalue weighted by atomic mass is 9.85. The molecule has 2 rings (SSSR count). The van der Waals surface area contributed by atoms with Crippen LogP contribution in [0, 0.1) is 11.8 Å². The molecule has 4 nitrogen and oxygen atoms in total. The number of hydrogen-bond donors (Lipinski definition) is 1. The third-order valence-corrected chi connectivity index (χ3v) is 3.97. The van der Waals surface area contributed by atoms with Crippen molar-refractivity contribution < 1.29 is 14.6 Å². The maximum absolute atomic E-state index is 10.8. The number of hydrogen-bond acceptors (Lipinski definition) is 3. The molecule has 2 atom stereocenters. The molecule has 2 unspecified atom stereocenters. The molecule has 2 heterocycles. The summed E-state index contributed by atoms with van der Waals surface area (Å²) in [6, 6.07) is 0.625. The summed E-state index contributed by atoms with van der Waals surface area (Å²) in [5.41, 5.74) is 0. The second-order valence-corrected chi connectivity index (χ2v) is 5.04. The zero-order valence-corrected chi connectivity index (χ0v) is 9.89. The molecule has 0 aromatic rings. The summed E-state index contributed by atoms with van der Waals surface area (Å²) < 4.78 is 5.44. The van der Waals surface area contributed by atoms with Crippen molar-refractivity contribution in [3.8, 4) is 0 Å². The minimum atomic E-state index is -0.658. The van der Waals surface area contributed by atoms with E-state index in [9.17, 15) is 4.79 Å². The molecular formula is C12H21NO3. The predicted molar refractivity (Wildman–Crippen MR) is 60.3 cm³/mol. The molecule has 92 valence electrons. The molecule has 0 radical (unpaired) electrons. The highest BCUT2D eigenvalue weighted by molar-refractivity contribution is 5.70. The van der Waals surface area contributed by atoms with E-state index < -0.39 is 5.97 Å². The van der Waals surface area contributed by atoms with Gasteiger partial charge in [-0.05, 0) is 25.2 Å². The summed E-state index contributed by atoms with van der Waals surface area (Å²) in [7, 11) is 0. The SMILES string of the molecule is CC(C(=O)O)C1CN(C2CCCOCC2)C1. The van der Waals surface area contributed by atoms with Crippen molar-refractivity contribution in [2.75, 3.05) is 26.3 Å². The Hall–Kier alpha value is -0.610. The Kier molecular flexibility index (Phi) is 3.82. The molecule has 0 aromatic heterocycles. The molecule has 2 aliphatic rings. The summed E-state index contributed by atoms with van der Waals surface area (Å²) in [6.45, 7) is 5.48. The molecule has 0 aromatic carbocycles. The van der Waals surface area contributed by atoms with Crippen LogP contribution in [0.3, 0.4) is 0 Å². The Morgan fingerprint density at radius 1 is 1.38 bits per heavy atom. The van der Waals surface area contributed by atoms with Crippen LogP contribution in [0.1, 0.15) is 26.2 Å². The first-order valence-corrected chi connectivity index (χ1v) is 6.23. The van der Waals surface area contributed by atoms with E-state index in [0.717, 1.165) is 39.1 Å². The monoisotopic (exact) mass is 227 g/mol. The van der Waals surface area contributed by atoms with Gasteiger partial charge in [0.05, 0.1) is 5.92 Å². The fourth-order valence-electron chi connectivity index (χ4n) is 2.62. The van der Waals surface area contributed by atoms with Gasteiger partial charge in [-0.2, -0.15) is 0 Å². The van der Waals surface area contributed by atoms with Crippen LogP contribution in [0.4, 0.5) is 0 Å². The third kappa shape index (κ3) is 2.55. The first-order chi connectivity index (χ1) is 7.68. The molecule has 0 saturated carbocycles. The molecule has 2 aliphatic heterocycles. The van der Waals surface area contributed by atoms with Crippen molar-refractivity contribution >= 4 is 5.97 Å². The number of carbonyl (C=O) groups is 1. The van der Waals surface area contributed by atoms with Gasteiger partial charge in [0, 0.05) is 32.3 Å². The molecule has 4 heteroatoms. The van der Waals surface area contributed by atoms with Crippen molar-refractivity contribution in [1.29, 1.82) is 0 Å². The lowest BCUT2D eigenvalue weighted by Crippen LogP contribution is -2.55. The van der Waals surface area contributed by atoms with Gasteiger partial charge in [-0.1, -0.05) is 6.92 Å². The highest BCUT2D eigenvalue weighted by Gasteiger charge is 2.37. The van der Waals surface area contributed by atoms with Gasteiger partial charge in [0.15, 0.2) is 0 Å². The van der Waals surface area contributed by atoms with E-state index in [2.05, 4.69) is 4.90 Å². The first kappa shape index (κ1) is 11.9. The van der Waals surface area contributed by atoms with Crippen molar-refractivity contribution in [3.05, 3.63) is 0 Å². The number of nitrogens with zero attached hydrogens (tertiary/aromatic N) is 1. The van der Waals surface area contributed by atoms with Gasteiger partial charge in [0.2, 0.25) is 0 Å². The van der Waals surface area contributed by atoms with Gasteiger partial charge < -0.3 is 9.84 Å². The lowest BCUT2D eigenvalue weighted by Gasteiger charge is -2.45. The molecule has 2 saturated heterocycles. The fraction of sp³-hybridized carbons (Fsp3) is 0.917. The van der Waals surface area contributed by atoms with Gasteiger partial charge in [-0.25, -0.2) is 0 Å². The van der Waals surface area contributed by atoms with Gasteiger partial charge in [0.25, 0.3) is 0 Å². The normalized spacial score (nSPS) is 30.4.